The summed E-state index contributed by atoms with van der Waals surface area (Å²) >= 11 is 1.61. The summed E-state index contributed by atoms with van der Waals surface area (Å²) in [6.07, 6.45) is 0.874. The van der Waals surface area contributed by atoms with Crippen molar-refractivity contribution in [2.75, 3.05) is 11.9 Å². The van der Waals surface area contributed by atoms with Gasteiger partial charge < -0.3 is 10.1 Å². The number of hydrogen-bond donors (Lipinski definition) is 1. The minimum atomic E-state index is -0.170. The summed E-state index contributed by atoms with van der Waals surface area (Å²) in [7, 11) is 0. The van der Waals surface area contributed by atoms with Gasteiger partial charge in [-0.3, -0.25) is 4.79 Å². The minimum absolute atomic E-state index is 0.00321. The second-order valence-corrected chi connectivity index (χ2v) is 6.45. The van der Waals surface area contributed by atoms with E-state index in [2.05, 4.69) is 17.2 Å². The van der Waals surface area contributed by atoms with Crippen molar-refractivity contribution in [3.63, 3.8) is 0 Å². The van der Waals surface area contributed by atoms with Crippen molar-refractivity contribution in [3.05, 3.63) is 53.0 Å². The van der Waals surface area contributed by atoms with Crippen LogP contribution in [-0.2, 0) is 11.2 Å². The average Bonchev–Trinajstić information content (AvgIpc) is 2.92. The first-order valence-corrected chi connectivity index (χ1v) is 8.35. The van der Waals surface area contributed by atoms with Crippen LogP contribution in [0.15, 0.2) is 42.5 Å². The van der Waals surface area contributed by atoms with Crippen LogP contribution in [0.2, 0.25) is 0 Å². The van der Waals surface area contributed by atoms with Crippen molar-refractivity contribution in [1.29, 1.82) is 0 Å². The summed E-state index contributed by atoms with van der Waals surface area (Å²) in [5, 5.41) is 3.88. The van der Waals surface area contributed by atoms with Crippen molar-refractivity contribution in [2.45, 2.75) is 20.3 Å². The number of carbonyl (C=O) groups excluding carboxylic acids is 1. The van der Waals surface area contributed by atoms with Gasteiger partial charge in [-0.1, -0.05) is 25.1 Å². The summed E-state index contributed by atoms with van der Waals surface area (Å²) < 4.78 is 6.70. The van der Waals surface area contributed by atoms with E-state index in [-0.39, 0.29) is 12.5 Å². The predicted molar refractivity (Wildman–Crippen MR) is 94.3 cm³/mol. The van der Waals surface area contributed by atoms with Crippen molar-refractivity contribution in [1.82, 2.24) is 4.98 Å². The Morgan fingerprint density at radius 3 is 2.91 bits per heavy atom. The number of para-hydroxylation sites is 1. The first kappa shape index (κ1) is 15.5. The highest BCUT2D eigenvalue weighted by Gasteiger charge is 2.08. The first-order chi connectivity index (χ1) is 11.2. The van der Waals surface area contributed by atoms with Gasteiger partial charge in [0.05, 0.1) is 15.2 Å². The van der Waals surface area contributed by atoms with E-state index in [1.165, 1.54) is 0 Å². The molecule has 0 saturated heterocycles. The molecule has 3 aromatic rings. The fourth-order valence-electron chi connectivity index (χ4n) is 2.39. The van der Waals surface area contributed by atoms with Gasteiger partial charge in [0, 0.05) is 5.69 Å². The Morgan fingerprint density at radius 2 is 2.09 bits per heavy atom. The van der Waals surface area contributed by atoms with Crippen molar-refractivity contribution < 1.29 is 9.53 Å². The summed E-state index contributed by atoms with van der Waals surface area (Å²) in [5.74, 6) is 0.593. The van der Waals surface area contributed by atoms with Crippen LogP contribution in [0.4, 0.5) is 5.69 Å². The molecule has 3 rings (SSSR count). The van der Waals surface area contributed by atoms with Crippen LogP contribution in [0.3, 0.4) is 0 Å². The standard InChI is InChI=1S/C18H18N2O2S/c1-3-13-6-4-5-7-16(13)22-11-18(21)20-14-8-9-15-17(10-14)23-12(2)19-15/h4-10H,3,11H2,1-2H3,(H,20,21). The third-order valence-corrected chi connectivity index (χ3v) is 4.43. The zero-order valence-corrected chi connectivity index (χ0v) is 13.9. The lowest BCUT2D eigenvalue weighted by Gasteiger charge is -2.10. The molecule has 0 fully saturated rings. The molecule has 1 heterocycles. The lowest BCUT2D eigenvalue weighted by atomic mass is 10.1. The number of ether oxygens (including phenoxy) is 1. The van der Waals surface area contributed by atoms with Gasteiger partial charge in [0.2, 0.25) is 0 Å². The summed E-state index contributed by atoms with van der Waals surface area (Å²) in [6, 6.07) is 13.5. The monoisotopic (exact) mass is 326 g/mol. The molecule has 1 amide bonds. The SMILES string of the molecule is CCc1ccccc1OCC(=O)Nc1ccc2nc(C)sc2c1. The average molecular weight is 326 g/mol. The van der Waals surface area contributed by atoms with Crippen LogP contribution in [0.25, 0.3) is 10.2 Å². The molecule has 0 radical (unpaired) electrons. The molecule has 0 spiro atoms. The molecule has 1 aromatic heterocycles. The van der Waals surface area contributed by atoms with Crippen LogP contribution in [0, 0.1) is 6.92 Å². The Kier molecular flexibility index (Phi) is 4.57. The summed E-state index contributed by atoms with van der Waals surface area (Å²) in [5.41, 5.74) is 2.82. The molecule has 2 aromatic carbocycles. The van der Waals surface area contributed by atoms with Crippen LogP contribution < -0.4 is 10.1 Å². The van der Waals surface area contributed by atoms with Gasteiger partial charge in [0.25, 0.3) is 5.91 Å². The zero-order chi connectivity index (χ0) is 16.2. The third-order valence-electron chi connectivity index (χ3n) is 3.49. The molecular weight excluding hydrogens is 308 g/mol. The van der Waals surface area contributed by atoms with Crippen molar-refractivity contribution >= 4 is 33.1 Å². The Balaban J connectivity index is 1.64. The van der Waals surface area contributed by atoms with Crippen LogP contribution in [0.5, 0.6) is 5.75 Å². The number of rotatable bonds is 5. The zero-order valence-electron chi connectivity index (χ0n) is 13.1. The van der Waals surface area contributed by atoms with E-state index >= 15 is 0 Å². The number of fused-ring (bicyclic) bond motifs is 1. The number of anilines is 1. The lowest BCUT2D eigenvalue weighted by molar-refractivity contribution is -0.118. The highest BCUT2D eigenvalue weighted by Crippen LogP contribution is 2.24. The smallest absolute Gasteiger partial charge is 0.262 e. The Bertz CT molecular complexity index is 842. The largest absolute Gasteiger partial charge is 0.483 e. The number of aryl methyl sites for hydroxylation is 2. The maximum absolute atomic E-state index is 12.1. The van der Waals surface area contributed by atoms with Crippen molar-refractivity contribution in [3.8, 4) is 5.75 Å². The topological polar surface area (TPSA) is 51.2 Å². The molecule has 0 atom stereocenters. The molecule has 0 bridgehead atoms. The molecule has 1 N–H and O–H groups in total. The fourth-order valence-corrected chi connectivity index (χ4v) is 3.26. The number of nitrogens with one attached hydrogen (secondary N) is 1. The van der Waals surface area contributed by atoms with Gasteiger partial charge in [-0.2, -0.15) is 0 Å². The first-order valence-electron chi connectivity index (χ1n) is 7.53. The fraction of sp³-hybridized carbons (Fsp3) is 0.222. The third kappa shape index (κ3) is 3.68. The minimum Gasteiger partial charge on any atom is -0.483 e. The van der Waals surface area contributed by atoms with Gasteiger partial charge >= 0.3 is 0 Å². The van der Waals surface area contributed by atoms with E-state index < -0.39 is 0 Å². The molecule has 0 aliphatic rings. The number of nitrogens with zero attached hydrogens (tertiary/aromatic N) is 1. The molecule has 0 aliphatic carbocycles. The number of benzene rings is 2. The number of carbonyl (C=O) groups is 1. The van der Waals surface area contributed by atoms with E-state index in [0.29, 0.717) is 0 Å². The van der Waals surface area contributed by atoms with E-state index in [0.717, 1.165) is 38.6 Å². The van der Waals surface area contributed by atoms with Crippen LogP contribution in [-0.4, -0.2) is 17.5 Å². The van der Waals surface area contributed by atoms with E-state index in [1.54, 1.807) is 11.3 Å². The highest BCUT2D eigenvalue weighted by atomic mass is 32.1. The van der Waals surface area contributed by atoms with Gasteiger partial charge in [-0.15, -0.1) is 11.3 Å². The molecular formula is C18H18N2O2S. The Labute approximate surface area is 139 Å². The number of aromatic nitrogens is 1. The Morgan fingerprint density at radius 1 is 1.26 bits per heavy atom. The van der Waals surface area contributed by atoms with Gasteiger partial charge in [0.1, 0.15) is 5.75 Å². The maximum Gasteiger partial charge on any atom is 0.262 e. The highest BCUT2D eigenvalue weighted by molar-refractivity contribution is 7.18. The van der Waals surface area contributed by atoms with Crippen LogP contribution in [0.1, 0.15) is 17.5 Å². The van der Waals surface area contributed by atoms with E-state index in [4.69, 9.17) is 4.74 Å². The lowest BCUT2D eigenvalue weighted by Crippen LogP contribution is -2.20. The molecule has 0 aliphatic heterocycles. The number of hydrogen-bond acceptors (Lipinski definition) is 4. The molecule has 118 valence electrons. The predicted octanol–water partition coefficient (Wildman–Crippen LogP) is 4.18. The second kappa shape index (κ2) is 6.79. The quantitative estimate of drug-likeness (QED) is 0.765. The Hall–Kier alpha value is -2.40. The van der Waals surface area contributed by atoms with E-state index in [1.807, 2.05) is 49.4 Å². The number of amides is 1. The molecule has 0 unspecified atom stereocenters. The van der Waals surface area contributed by atoms with Gasteiger partial charge in [0.15, 0.2) is 6.61 Å². The maximum atomic E-state index is 12.1. The molecule has 23 heavy (non-hydrogen) atoms. The summed E-state index contributed by atoms with van der Waals surface area (Å²) in [4.78, 5) is 16.5. The van der Waals surface area contributed by atoms with Crippen molar-refractivity contribution in [2.24, 2.45) is 0 Å². The molecule has 4 nitrogen and oxygen atoms in total. The normalized spacial score (nSPS) is 10.7. The second-order valence-electron chi connectivity index (χ2n) is 5.21. The number of thiazole rings is 1. The van der Waals surface area contributed by atoms with E-state index in [9.17, 15) is 4.79 Å². The molecule has 5 heteroatoms. The van der Waals surface area contributed by atoms with Gasteiger partial charge in [-0.25, -0.2) is 4.98 Å². The van der Waals surface area contributed by atoms with Crippen LogP contribution >= 0.6 is 11.3 Å². The summed E-state index contributed by atoms with van der Waals surface area (Å²) in [6.45, 7) is 4.03. The van der Waals surface area contributed by atoms with Gasteiger partial charge in [-0.05, 0) is 43.2 Å². The molecule has 0 saturated carbocycles.